The second-order valence-electron chi connectivity index (χ2n) is 11.6. The number of hydrogen-bond acceptors (Lipinski definition) is 7. The van der Waals surface area contributed by atoms with E-state index in [0.717, 1.165) is 39.4 Å². The summed E-state index contributed by atoms with van der Waals surface area (Å²) in [6, 6.07) is 10.4. The molecule has 2 aromatic heterocycles. The molecule has 2 aromatic carbocycles. The predicted octanol–water partition coefficient (Wildman–Crippen LogP) is 4.99. The largest absolute Gasteiger partial charge is 0.491 e. The maximum atomic E-state index is 16.0. The average Bonchev–Trinajstić information content (AvgIpc) is 3.77. The van der Waals surface area contributed by atoms with E-state index in [-0.39, 0.29) is 42.4 Å². The van der Waals surface area contributed by atoms with Gasteiger partial charge in [-0.05, 0) is 48.2 Å². The van der Waals surface area contributed by atoms with E-state index in [1.165, 1.54) is 17.4 Å². The lowest BCUT2D eigenvalue weighted by atomic mass is 9.81. The van der Waals surface area contributed by atoms with E-state index in [1.54, 1.807) is 16.8 Å². The van der Waals surface area contributed by atoms with Crippen LogP contribution in [0.25, 0.3) is 0 Å². The van der Waals surface area contributed by atoms with E-state index >= 15 is 4.39 Å². The number of carbonyl (C=O) groups excluding carboxylic acids is 2. The standard InChI is InChI=1S/C34H31F2N5O4S/c1-4-28(43)40-8-9-41-26(18(40)2)16-25(38-41)32-30(29-24(36)14-21(35)15-27(29)45-11-10-42)33-23(7-12-46-33)31(37-32)19-5-6-22-20(13-19)17-39(3)34(22)44/h4-7,12-16,18,30,32,42H,1,8-11,17H2,2-3H3/t18-,30?,32?/m1/s1. The molecule has 2 unspecified atom stereocenters. The third kappa shape index (κ3) is 4.83. The van der Waals surface area contributed by atoms with Crippen molar-refractivity contribution in [2.24, 2.45) is 4.99 Å². The highest BCUT2D eigenvalue weighted by Gasteiger charge is 2.41. The van der Waals surface area contributed by atoms with E-state index in [2.05, 4.69) is 6.58 Å². The molecule has 0 bridgehead atoms. The van der Waals surface area contributed by atoms with Gasteiger partial charge in [0.1, 0.15) is 30.0 Å². The Morgan fingerprint density at radius 3 is 2.78 bits per heavy atom. The van der Waals surface area contributed by atoms with Crippen LogP contribution in [0.1, 0.15) is 73.8 Å². The topological polar surface area (TPSA) is 100 Å². The molecule has 0 aliphatic carbocycles. The Bertz CT molecular complexity index is 1930. The number of rotatable bonds is 7. The summed E-state index contributed by atoms with van der Waals surface area (Å²) >= 11 is 1.43. The Hall–Kier alpha value is -4.68. The summed E-state index contributed by atoms with van der Waals surface area (Å²) in [7, 11) is 1.76. The number of carbonyl (C=O) groups is 2. The van der Waals surface area contributed by atoms with Crippen molar-refractivity contribution in [3.8, 4) is 5.75 Å². The number of aliphatic hydroxyl groups is 1. The number of amides is 2. The van der Waals surface area contributed by atoms with Crippen molar-refractivity contribution >= 4 is 28.9 Å². The summed E-state index contributed by atoms with van der Waals surface area (Å²) in [4.78, 5) is 34.6. The normalized spacial score (nSPS) is 20.2. The molecule has 12 heteroatoms. The van der Waals surface area contributed by atoms with Crippen LogP contribution in [0.4, 0.5) is 8.78 Å². The van der Waals surface area contributed by atoms with Crippen LogP contribution in [0.3, 0.4) is 0 Å². The molecule has 0 fully saturated rings. The quantitative estimate of drug-likeness (QED) is 0.286. The van der Waals surface area contributed by atoms with Gasteiger partial charge in [0.25, 0.3) is 5.91 Å². The van der Waals surface area contributed by atoms with Gasteiger partial charge in [-0.25, -0.2) is 8.78 Å². The van der Waals surface area contributed by atoms with Crippen molar-refractivity contribution in [1.82, 2.24) is 19.6 Å². The average molecular weight is 644 g/mol. The maximum Gasteiger partial charge on any atom is 0.254 e. The van der Waals surface area contributed by atoms with Crippen LogP contribution in [0.2, 0.25) is 0 Å². The zero-order valence-electron chi connectivity index (χ0n) is 25.2. The van der Waals surface area contributed by atoms with Crippen molar-refractivity contribution < 1.29 is 28.2 Å². The molecule has 7 rings (SSSR count). The number of nitrogens with zero attached hydrogens (tertiary/aromatic N) is 5. The Morgan fingerprint density at radius 2 is 2.00 bits per heavy atom. The lowest BCUT2D eigenvalue weighted by Crippen LogP contribution is -2.40. The molecule has 1 N–H and O–H groups in total. The minimum atomic E-state index is -0.798. The van der Waals surface area contributed by atoms with Crippen LogP contribution < -0.4 is 4.74 Å². The van der Waals surface area contributed by atoms with Crippen LogP contribution in [-0.2, 0) is 17.9 Å². The minimum absolute atomic E-state index is 0.0151. The molecule has 2 amide bonds. The summed E-state index contributed by atoms with van der Waals surface area (Å²) in [5.41, 5.74) is 5.30. The van der Waals surface area contributed by atoms with Gasteiger partial charge in [-0.3, -0.25) is 19.3 Å². The van der Waals surface area contributed by atoms with E-state index in [1.807, 2.05) is 47.3 Å². The monoisotopic (exact) mass is 643 g/mol. The zero-order valence-corrected chi connectivity index (χ0v) is 26.1. The third-order valence-corrected chi connectivity index (χ3v) is 9.94. The Kier molecular flexibility index (Phi) is 7.56. The van der Waals surface area contributed by atoms with Crippen molar-refractivity contribution in [3.05, 3.63) is 116 Å². The van der Waals surface area contributed by atoms with Gasteiger partial charge in [0.15, 0.2) is 0 Å². The lowest BCUT2D eigenvalue weighted by Gasteiger charge is -2.33. The molecule has 0 saturated carbocycles. The molecule has 0 saturated heterocycles. The second-order valence-corrected chi connectivity index (χ2v) is 12.6. The molecule has 3 aliphatic heterocycles. The van der Waals surface area contributed by atoms with Crippen LogP contribution in [0, 0.1) is 11.6 Å². The zero-order chi connectivity index (χ0) is 32.3. The van der Waals surface area contributed by atoms with Crippen LogP contribution >= 0.6 is 11.3 Å². The van der Waals surface area contributed by atoms with E-state index in [4.69, 9.17) is 14.8 Å². The van der Waals surface area contributed by atoms with Gasteiger partial charge in [0.05, 0.1) is 42.2 Å². The van der Waals surface area contributed by atoms with Gasteiger partial charge in [-0.1, -0.05) is 12.6 Å². The molecule has 0 radical (unpaired) electrons. The Balaban J connectivity index is 1.42. The molecular weight excluding hydrogens is 612 g/mol. The highest BCUT2D eigenvalue weighted by molar-refractivity contribution is 7.10. The summed E-state index contributed by atoms with van der Waals surface area (Å²) in [6.45, 7) is 6.47. The fraction of sp³-hybridized carbons (Fsp3) is 0.294. The highest BCUT2D eigenvalue weighted by Crippen LogP contribution is 2.51. The van der Waals surface area contributed by atoms with E-state index in [0.29, 0.717) is 36.6 Å². The van der Waals surface area contributed by atoms with Gasteiger partial charge < -0.3 is 19.6 Å². The van der Waals surface area contributed by atoms with Crippen molar-refractivity contribution in [3.63, 3.8) is 0 Å². The first-order valence-electron chi connectivity index (χ1n) is 15.0. The van der Waals surface area contributed by atoms with Gasteiger partial charge in [0, 0.05) is 59.4 Å². The number of benzene rings is 2. The molecule has 3 aliphatic rings. The van der Waals surface area contributed by atoms with Crippen LogP contribution in [0.5, 0.6) is 5.75 Å². The number of aliphatic hydroxyl groups excluding tert-OH is 1. The van der Waals surface area contributed by atoms with Gasteiger partial charge >= 0.3 is 0 Å². The van der Waals surface area contributed by atoms with Gasteiger partial charge in [0.2, 0.25) is 5.91 Å². The van der Waals surface area contributed by atoms with Crippen molar-refractivity contribution in [2.75, 3.05) is 26.8 Å². The summed E-state index contributed by atoms with van der Waals surface area (Å²) in [5, 5.41) is 16.3. The first-order valence-corrected chi connectivity index (χ1v) is 15.9. The molecule has 0 spiro atoms. The van der Waals surface area contributed by atoms with Crippen molar-refractivity contribution in [1.29, 1.82) is 0 Å². The second kappa shape index (κ2) is 11.6. The molecule has 236 valence electrons. The number of fused-ring (bicyclic) bond motifs is 3. The highest BCUT2D eigenvalue weighted by atomic mass is 32.1. The molecule has 4 aromatic rings. The number of aromatic nitrogens is 2. The number of thiophene rings is 1. The number of aliphatic imine (C=N–C) groups is 1. The Labute approximate surface area is 268 Å². The maximum absolute atomic E-state index is 16.0. The number of halogens is 2. The third-order valence-electron chi connectivity index (χ3n) is 8.94. The van der Waals surface area contributed by atoms with E-state index < -0.39 is 23.6 Å². The molecule has 5 heterocycles. The summed E-state index contributed by atoms with van der Waals surface area (Å²) in [6.07, 6.45) is 1.29. The molecular formula is C34H31F2N5O4S. The van der Waals surface area contributed by atoms with Gasteiger partial charge in [-0.2, -0.15) is 5.10 Å². The van der Waals surface area contributed by atoms with E-state index in [9.17, 15) is 19.1 Å². The summed E-state index contributed by atoms with van der Waals surface area (Å²) < 4.78 is 38.1. The SMILES string of the molecule is C=CC(=O)N1CCn2nc(C3N=C(c4ccc5c(c4)CN(C)C5=O)c4ccsc4C3c3c(F)cc(F)cc3OCCO)cc2[C@H]1C. The fourth-order valence-corrected chi connectivity index (χ4v) is 7.81. The molecule has 9 nitrogen and oxygen atoms in total. The summed E-state index contributed by atoms with van der Waals surface area (Å²) in [5.74, 6) is -2.56. The van der Waals surface area contributed by atoms with Crippen LogP contribution in [-0.4, -0.2) is 69.0 Å². The van der Waals surface area contributed by atoms with Crippen LogP contribution in [0.15, 0.2) is 65.5 Å². The Morgan fingerprint density at radius 1 is 1.17 bits per heavy atom. The smallest absolute Gasteiger partial charge is 0.254 e. The number of ether oxygens (including phenoxy) is 1. The number of hydrogen-bond donors (Lipinski definition) is 1. The first kappa shape index (κ1) is 30.0. The van der Waals surface area contributed by atoms with Crippen molar-refractivity contribution in [2.45, 2.75) is 38.0 Å². The molecule has 3 atom stereocenters. The minimum Gasteiger partial charge on any atom is -0.491 e. The first-order chi connectivity index (χ1) is 22.2. The predicted molar refractivity (Wildman–Crippen MR) is 168 cm³/mol. The lowest BCUT2D eigenvalue weighted by molar-refractivity contribution is -0.129. The van der Waals surface area contributed by atoms with Gasteiger partial charge in [-0.15, -0.1) is 11.3 Å². The molecule has 46 heavy (non-hydrogen) atoms. The fourth-order valence-electron chi connectivity index (χ4n) is 6.78.